The summed E-state index contributed by atoms with van der Waals surface area (Å²) in [4.78, 5) is 40.4. The van der Waals surface area contributed by atoms with Gasteiger partial charge in [-0.2, -0.15) is 13.2 Å². The Balaban J connectivity index is 1.43. The van der Waals surface area contributed by atoms with E-state index in [2.05, 4.69) is 4.98 Å². The van der Waals surface area contributed by atoms with Crippen LogP contribution < -0.4 is 5.43 Å². The quantitative estimate of drug-likeness (QED) is 0.355. The number of carbonyl (C=O) groups is 2. The minimum absolute atomic E-state index is 0.0219. The second kappa shape index (κ2) is 7.61. The van der Waals surface area contributed by atoms with Gasteiger partial charge < -0.3 is 9.55 Å². The minimum atomic E-state index is -4.61. The van der Waals surface area contributed by atoms with Crippen molar-refractivity contribution in [2.24, 2.45) is 0 Å². The Morgan fingerprint density at radius 3 is 2.15 bits per heavy atom. The standard InChI is InChI=1S/C24H18F3N3O3/c25-24(26,27)21-20-16(9-10-28-21)15-8-7-14(31)13-19(15)29(20)11-3-4-12-30-22(32)17-5-1-2-6-18(17)23(30)33/h1-2,5-10,13,28H,3-4,11-12H2. The zero-order valence-electron chi connectivity index (χ0n) is 17.3. The van der Waals surface area contributed by atoms with E-state index in [0.29, 0.717) is 40.3 Å². The van der Waals surface area contributed by atoms with Crippen molar-refractivity contribution >= 4 is 33.6 Å². The normalized spacial score (nSPS) is 14.0. The summed E-state index contributed by atoms with van der Waals surface area (Å²) in [6, 6.07) is 12.3. The molecule has 0 spiro atoms. The molecule has 2 aromatic carbocycles. The molecule has 0 radical (unpaired) electrons. The maximum absolute atomic E-state index is 13.7. The summed E-state index contributed by atoms with van der Waals surface area (Å²) >= 11 is 0. The third-order valence-corrected chi connectivity index (χ3v) is 5.96. The van der Waals surface area contributed by atoms with Crippen molar-refractivity contribution in [3.63, 3.8) is 0 Å². The number of fused-ring (bicyclic) bond motifs is 4. The van der Waals surface area contributed by atoms with E-state index in [-0.39, 0.29) is 35.8 Å². The summed E-state index contributed by atoms with van der Waals surface area (Å²) in [5.41, 5.74) is -0.0646. The Labute approximate surface area is 185 Å². The van der Waals surface area contributed by atoms with Crippen molar-refractivity contribution in [2.75, 3.05) is 6.54 Å². The van der Waals surface area contributed by atoms with Gasteiger partial charge in [0.1, 0.15) is 5.69 Å². The number of hydrogen-bond donors (Lipinski definition) is 1. The number of aromatic amines is 1. The zero-order chi connectivity index (χ0) is 23.3. The van der Waals surface area contributed by atoms with Crippen LogP contribution in [0.4, 0.5) is 13.2 Å². The van der Waals surface area contributed by atoms with E-state index in [4.69, 9.17) is 0 Å². The molecule has 6 nitrogen and oxygen atoms in total. The highest BCUT2D eigenvalue weighted by molar-refractivity contribution is 6.21. The molecule has 2 aromatic heterocycles. The second-order valence-electron chi connectivity index (χ2n) is 7.96. The lowest BCUT2D eigenvalue weighted by atomic mass is 10.1. The van der Waals surface area contributed by atoms with Gasteiger partial charge in [0.15, 0.2) is 5.43 Å². The maximum atomic E-state index is 13.7. The summed E-state index contributed by atoms with van der Waals surface area (Å²) in [5, 5.41) is 0.959. The fourth-order valence-corrected chi connectivity index (χ4v) is 4.50. The number of nitrogens with zero attached hydrogens (tertiary/aromatic N) is 2. The topological polar surface area (TPSA) is 75.2 Å². The average molecular weight is 453 g/mol. The van der Waals surface area contributed by atoms with Crippen LogP contribution in [0, 0.1) is 0 Å². The van der Waals surface area contributed by atoms with E-state index < -0.39 is 11.9 Å². The maximum Gasteiger partial charge on any atom is 0.433 e. The Kier molecular flexibility index (Phi) is 4.84. The van der Waals surface area contributed by atoms with Crippen LogP contribution in [0.5, 0.6) is 0 Å². The van der Waals surface area contributed by atoms with Crippen molar-refractivity contribution in [1.82, 2.24) is 14.5 Å². The molecule has 4 aromatic rings. The van der Waals surface area contributed by atoms with E-state index in [1.54, 1.807) is 30.3 Å². The van der Waals surface area contributed by atoms with Gasteiger partial charge in [-0.1, -0.05) is 12.1 Å². The summed E-state index contributed by atoms with van der Waals surface area (Å²) in [7, 11) is 0. The predicted octanol–water partition coefficient (Wildman–Crippen LogP) is 4.58. The molecule has 0 aliphatic carbocycles. The smallest absolute Gasteiger partial charge is 0.356 e. The van der Waals surface area contributed by atoms with Crippen LogP contribution in [-0.2, 0) is 12.7 Å². The fraction of sp³-hybridized carbons (Fsp3) is 0.208. The largest absolute Gasteiger partial charge is 0.433 e. The molecule has 0 saturated heterocycles. The number of rotatable bonds is 5. The van der Waals surface area contributed by atoms with Gasteiger partial charge in [0.2, 0.25) is 0 Å². The van der Waals surface area contributed by atoms with E-state index in [0.717, 1.165) is 0 Å². The third-order valence-electron chi connectivity index (χ3n) is 5.96. The van der Waals surface area contributed by atoms with Crippen molar-refractivity contribution in [1.29, 1.82) is 0 Å². The molecule has 1 N–H and O–H groups in total. The summed E-state index contributed by atoms with van der Waals surface area (Å²) in [5.74, 6) is -0.727. The Morgan fingerprint density at radius 2 is 1.48 bits per heavy atom. The van der Waals surface area contributed by atoms with E-state index in [1.165, 1.54) is 33.9 Å². The van der Waals surface area contributed by atoms with Gasteiger partial charge in [0, 0.05) is 36.1 Å². The first-order valence-electron chi connectivity index (χ1n) is 10.4. The highest BCUT2D eigenvalue weighted by Gasteiger charge is 2.36. The number of imide groups is 1. The van der Waals surface area contributed by atoms with Gasteiger partial charge in [-0.25, -0.2) is 0 Å². The number of unbranched alkanes of at least 4 members (excludes halogenated alkanes) is 1. The number of hydrogen-bond acceptors (Lipinski definition) is 3. The van der Waals surface area contributed by atoms with Crippen LogP contribution in [0.1, 0.15) is 39.3 Å². The SMILES string of the molecule is O=C1c2ccccc2C(=O)N1CCCCn1c2cc(=O)ccc2c2cc[nH]c(C(F)(F)F)c21. The van der Waals surface area contributed by atoms with Crippen molar-refractivity contribution in [3.05, 3.63) is 81.8 Å². The molecule has 168 valence electrons. The number of H-pyrrole nitrogens is 1. The number of aromatic nitrogens is 2. The van der Waals surface area contributed by atoms with Gasteiger partial charge in [-0.3, -0.25) is 19.3 Å². The summed E-state index contributed by atoms with van der Waals surface area (Å²) in [6.07, 6.45) is -2.56. The Hall–Kier alpha value is -3.88. The number of carbonyl (C=O) groups excluding carboxylic acids is 2. The number of halogens is 3. The van der Waals surface area contributed by atoms with Crippen LogP contribution in [0.25, 0.3) is 21.8 Å². The molecule has 0 unspecified atom stereocenters. The molecule has 3 heterocycles. The van der Waals surface area contributed by atoms with Crippen LogP contribution in [0.2, 0.25) is 0 Å². The predicted molar refractivity (Wildman–Crippen MR) is 116 cm³/mol. The summed E-state index contributed by atoms with van der Waals surface area (Å²) < 4.78 is 42.7. The first-order valence-corrected chi connectivity index (χ1v) is 10.4. The van der Waals surface area contributed by atoms with E-state index in [9.17, 15) is 27.6 Å². The molecule has 1 aliphatic rings. The molecule has 0 atom stereocenters. The molecule has 0 fully saturated rings. The molecule has 33 heavy (non-hydrogen) atoms. The number of amides is 2. The van der Waals surface area contributed by atoms with Crippen LogP contribution in [0.15, 0.2) is 59.5 Å². The van der Waals surface area contributed by atoms with E-state index in [1.807, 2.05) is 0 Å². The van der Waals surface area contributed by atoms with Crippen molar-refractivity contribution < 1.29 is 22.8 Å². The van der Waals surface area contributed by atoms with Crippen LogP contribution in [0.3, 0.4) is 0 Å². The van der Waals surface area contributed by atoms with Gasteiger partial charge in [-0.15, -0.1) is 0 Å². The van der Waals surface area contributed by atoms with Crippen LogP contribution >= 0.6 is 0 Å². The average Bonchev–Trinajstić information content (AvgIpc) is 3.22. The Bertz CT molecular complexity index is 1450. The highest BCUT2D eigenvalue weighted by atomic mass is 19.4. The van der Waals surface area contributed by atoms with Gasteiger partial charge in [0.25, 0.3) is 11.8 Å². The third kappa shape index (κ3) is 3.40. The molecule has 9 heteroatoms. The lowest BCUT2D eigenvalue weighted by Crippen LogP contribution is -2.30. The van der Waals surface area contributed by atoms with E-state index >= 15 is 0 Å². The highest BCUT2D eigenvalue weighted by Crippen LogP contribution is 2.37. The number of benzene rings is 2. The number of nitrogens with one attached hydrogen (secondary N) is 1. The number of alkyl halides is 3. The molecule has 0 saturated carbocycles. The van der Waals surface area contributed by atoms with Crippen molar-refractivity contribution in [3.8, 4) is 0 Å². The van der Waals surface area contributed by atoms with Crippen molar-refractivity contribution in [2.45, 2.75) is 25.6 Å². The molecule has 2 amide bonds. The molecule has 1 aliphatic heterocycles. The fourth-order valence-electron chi connectivity index (χ4n) is 4.50. The monoisotopic (exact) mass is 453 g/mol. The second-order valence-corrected chi connectivity index (χ2v) is 7.96. The zero-order valence-corrected chi connectivity index (χ0v) is 17.3. The number of aryl methyl sites for hydroxylation is 1. The molecular weight excluding hydrogens is 435 g/mol. The minimum Gasteiger partial charge on any atom is -0.356 e. The van der Waals surface area contributed by atoms with Gasteiger partial charge in [0.05, 0.1) is 22.2 Å². The molecular formula is C24H18F3N3O3. The molecule has 5 rings (SSSR count). The first-order chi connectivity index (χ1) is 15.8. The lowest BCUT2D eigenvalue weighted by Gasteiger charge is -2.15. The first kappa shape index (κ1) is 21.0. The lowest BCUT2D eigenvalue weighted by molar-refractivity contribution is -0.140. The van der Waals surface area contributed by atoms with Gasteiger partial charge in [-0.05, 0) is 43.2 Å². The number of pyridine rings is 1. The Morgan fingerprint density at radius 1 is 0.818 bits per heavy atom. The van der Waals surface area contributed by atoms with Gasteiger partial charge >= 0.3 is 6.18 Å². The molecule has 0 bridgehead atoms. The summed E-state index contributed by atoms with van der Waals surface area (Å²) in [6.45, 7) is 0.349. The van der Waals surface area contributed by atoms with Crippen LogP contribution in [-0.4, -0.2) is 32.8 Å².